The standard InChI is InChI=1S/C22H27N3O2S/c1-14-7-9-20(10-8-14)13-25-12-11-21(23-25)24-28(26,27)22-18(5)16(3)15(2)17(4)19(22)6/h7-12H,13H2,1-6H3,(H,23,24). The molecule has 0 aliphatic heterocycles. The van der Waals surface area contributed by atoms with E-state index in [1.165, 1.54) is 5.56 Å². The number of benzene rings is 2. The highest BCUT2D eigenvalue weighted by Gasteiger charge is 2.24. The number of sulfonamides is 1. The molecule has 1 N–H and O–H groups in total. The van der Waals surface area contributed by atoms with E-state index in [9.17, 15) is 8.42 Å². The van der Waals surface area contributed by atoms with Crippen LogP contribution in [-0.4, -0.2) is 18.2 Å². The van der Waals surface area contributed by atoms with Crippen molar-refractivity contribution in [2.75, 3.05) is 4.72 Å². The van der Waals surface area contributed by atoms with E-state index in [1.54, 1.807) is 16.9 Å². The molecule has 0 aliphatic rings. The van der Waals surface area contributed by atoms with Crippen molar-refractivity contribution < 1.29 is 8.42 Å². The Hall–Kier alpha value is -2.60. The second kappa shape index (κ2) is 7.43. The molecule has 2 aromatic carbocycles. The molecule has 0 radical (unpaired) electrons. The second-order valence-electron chi connectivity index (χ2n) is 7.44. The summed E-state index contributed by atoms with van der Waals surface area (Å²) in [5.41, 5.74) is 7.03. The van der Waals surface area contributed by atoms with E-state index in [4.69, 9.17) is 0 Å². The number of rotatable bonds is 5. The third-order valence-corrected chi connectivity index (χ3v) is 7.17. The third-order valence-electron chi connectivity index (χ3n) is 5.54. The zero-order valence-electron chi connectivity index (χ0n) is 17.3. The summed E-state index contributed by atoms with van der Waals surface area (Å²) in [6.07, 6.45) is 1.78. The summed E-state index contributed by atoms with van der Waals surface area (Å²) in [7, 11) is -3.73. The van der Waals surface area contributed by atoms with Crippen LogP contribution in [0.3, 0.4) is 0 Å². The minimum Gasteiger partial charge on any atom is -0.266 e. The fraction of sp³-hybridized carbons (Fsp3) is 0.318. The number of hydrogen-bond donors (Lipinski definition) is 1. The van der Waals surface area contributed by atoms with Crippen LogP contribution in [0, 0.1) is 41.5 Å². The van der Waals surface area contributed by atoms with Gasteiger partial charge in [-0.3, -0.25) is 9.40 Å². The normalized spacial score (nSPS) is 11.6. The molecule has 0 bridgehead atoms. The average Bonchev–Trinajstić information content (AvgIpc) is 3.06. The molecule has 0 atom stereocenters. The van der Waals surface area contributed by atoms with Crippen molar-refractivity contribution in [3.63, 3.8) is 0 Å². The number of anilines is 1. The molecular formula is C22H27N3O2S. The van der Waals surface area contributed by atoms with Gasteiger partial charge in [0.2, 0.25) is 0 Å². The Bertz CT molecular complexity index is 1100. The summed E-state index contributed by atoms with van der Waals surface area (Å²) in [6.45, 7) is 12.3. The predicted molar refractivity (Wildman–Crippen MR) is 113 cm³/mol. The van der Waals surface area contributed by atoms with Crippen molar-refractivity contribution in [2.24, 2.45) is 0 Å². The first kappa shape index (κ1) is 20.1. The summed E-state index contributed by atoms with van der Waals surface area (Å²) >= 11 is 0. The minimum atomic E-state index is -3.73. The van der Waals surface area contributed by atoms with Gasteiger partial charge in [-0.1, -0.05) is 29.8 Å². The maximum Gasteiger partial charge on any atom is 0.263 e. The van der Waals surface area contributed by atoms with Crippen LogP contribution in [0.25, 0.3) is 0 Å². The molecular weight excluding hydrogens is 370 g/mol. The van der Waals surface area contributed by atoms with Gasteiger partial charge in [0.05, 0.1) is 11.4 Å². The van der Waals surface area contributed by atoms with Crippen molar-refractivity contribution in [3.05, 3.63) is 75.5 Å². The van der Waals surface area contributed by atoms with Gasteiger partial charge >= 0.3 is 0 Å². The highest BCUT2D eigenvalue weighted by molar-refractivity contribution is 7.92. The molecule has 0 fully saturated rings. The van der Waals surface area contributed by atoms with E-state index in [2.05, 4.69) is 22.0 Å². The number of aryl methyl sites for hydroxylation is 1. The van der Waals surface area contributed by atoms with Gasteiger partial charge in [0.15, 0.2) is 5.82 Å². The lowest BCUT2D eigenvalue weighted by atomic mass is 9.95. The summed E-state index contributed by atoms with van der Waals surface area (Å²) in [5.74, 6) is 0.321. The molecule has 1 aromatic heterocycles. The van der Waals surface area contributed by atoms with Crippen molar-refractivity contribution in [2.45, 2.75) is 53.0 Å². The van der Waals surface area contributed by atoms with E-state index in [-0.39, 0.29) is 0 Å². The van der Waals surface area contributed by atoms with Crippen molar-refractivity contribution in [1.82, 2.24) is 9.78 Å². The minimum absolute atomic E-state index is 0.321. The molecule has 6 heteroatoms. The smallest absolute Gasteiger partial charge is 0.263 e. The molecule has 3 aromatic rings. The van der Waals surface area contributed by atoms with Crippen LogP contribution >= 0.6 is 0 Å². The van der Waals surface area contributed by atoms with Gasteiger partial charge in [0, 0.05) is 12.3 Å². The molecule has 28 heavy (non-hydrogen) atoms. The maximum absolute atomic E-state index is 13.1. The zero-order valence-corrected chi connectivity index (χ0v) is 18.1. The summed E-state index contributed by atoms with van der Waals surface area (Å²) in [4.78, 5) is 0.348. The highest BCUT2D eigenvalue weighted by atomic mass is 32.2. The fourth-order valence-corrected chi connectivity index (χ4v) is 5.04. The Labute approximate surface area is 167 Å². The predicted octanol–water partition coefficient (Wildman–Crippen LogP) is 4.58. The van der Waals surface area contributed by atoms with E-state index in [1.807, 2.05) is 53.7 Å². The molecule has 0 aliphatic carbocycles. The molecule has 3 rings (SSSR count). The summed E-state index contributed by atoms with van der Waals surface area (Å²) in [6, 6.07) is 9.88. The fourth-order valence-electron chi connectivity index (χ4n) is 3.44. The molecule has 148 valence electrons. The van der Waals surface area contributed by atoms with Gasteiger partial charge in [-0.25, -0.2) is 8.42 Å². The SMILES string of the molecule is Cc1ccc(Cn2ccc(NS(=O)(=O)c3c(C)c(C)c(C)c(C)c3C)n2)cc1. The number of aromatic nitrogens is 2. The van der Waals surface area contributed by atoms with E-state index < -0.39 is 10.0 Å². The van der Waals surface area contributed by atoms with Crippen LogP contribution in [0.4, 0.5) is 5.82 Å². The summed E-state index contributed by atoms with van der Waals surface area (Å²) < 4.78 is 30.6. The second-order valence-corrected chi connectivity index (χ2v) is 9.06. The molecule has 5 nitrogen and oxygen atoms in total. The average molecular weight is 398 g/mol. The highest BCUT2D eigenvalue weighted by Crippen LogP contribution is 2.30. The Morgan fingerprint density at radius 1 is 0.821 bits per heavy atom. The van der Waals surface area contributed by atoms with Crippen LogP contribution < -0.4 is 4.72 Å². The maximum atomic E-state index is 13.1. The van der Waals surface area contributed by atoms with Crippen LogP contribution in [0.1, 0.15) is 38.9 Å². The Balaban J connectivity index is 1.88. The van der Waals surface area contributed by atoms with Gasteiger partial charge in [-0.15, -0.1) is 0 Å². The first-order chi connectivity index (χ1) is 13.1. The van der Waals surface area contributed by atoms with Crippen LogP contribution in [0.15, 0.2) is 41.4 Å². The van der Waals surface area contributed by atoms with Gasteiger partial charge in [0.25, 0.3) is 10.0 Å². The van der Waals surface area contributed by atoms with Gasteiger partial charge in [-0.2, -0.15) is 5.10 Å². The lowest BCUT2D eigenvalue weighted by molar-refractivity contribution is 0.599. The summed E-state index contributed by atoms with van der Waals surface area (Å²) in [5, 5.41) is 4.39. The zero-order chi connectivity index (χ0) is 20.6. The van der Waals surface area contributed by atoms with Crippen molar-refractivity contribution >= 4 is 15.8 Å². The number of nitrogens with one attached hydrogen (secondary N) is 1. The van der Waals surface area contributed by atoms with Gasteiger partial charge < -0.3 is 0 Å². The largest absolute Gasteiger partial charge is 0.266 e. The van der Waals surface area contributed by atoms with E-state index >= 15 is 0 Å². The lowest BCUT2D eigenvalue weighted by Crippen LogP contribution is -2.18. The number of hydrogen-bond acceptors (Lipinski definition) is 3. The molecule has 0 saturated heterocycles. The molecule has 0 amide bonds. The first-order valence-corrected chi connectivity index (χ1v) is 10.8. The van der Waals surface area contributed by atoms with Gasteiger partial charge in [-0.05, 0) is 74.9 Å². The van der Waals surface area contributed by atoms with Crippen molar-refractivity contribution in [3.8, 4) is 0 Å². The quantitative estimate of drug-likeness (QED) is 0.685. The Morgan fingerprint density at radius 2 is 1.36 bits per heavy atom. The monoisotopic (exact) mass is 397 g/mol. The van der Waals surface area contributed by atoms with E-state index in [0.717, 1.165) is 33.4 Å². The Morgan fingerprint density at radius 3 is 1.93 bits per heavy atom. The molecule has 0 saturated carbocycles. The Kier molecular flexibility index (Phi) is 5.35. The van der Waals surface area contributed by atoms with E-state index in [0.29, 0.717) is 17.3 Å². The van der Waals surface area contributed by atoms with Crippen LogP contribution in [0.2, 0.25) is 0 Å². The third kappa shape index (κ3) is 3.83. The van der Waals surface area contributed by atoms with Gasteiger partial charge in [0.1, 0.15) is 0 Å². The lowest BCUT2D eigenvalue weighted by Gasteiger charge is -2.18. The van der Waals surface area contributed by atoms with Crippen LogP contribution in [-0.2, 0) is 16.6 Å². The molecule has 0 spiro atoms. The van der Waals surface area contributed by atoms with Crippen molar-refractivity contribution in [1.29, 1.82) is 0 Å². The first-order valence-electron chi connectivity index (χ1n) is 9.29. The molecule has 0 unspecified atom stereocenters. The topological polar surface area (TPSA) is 64.0 Å². The number of nitrogens with zero attached hydrogens (tertiary/aromatic N) is 2. The van der Waals surface area contributed by atoms with Crippen LogP contribution in [0.5, 0.6) is 0 Å². The molecule has 1 heterocycles.